The molecule has 0 aromatic carbocycles. The van der Waals surface area contributed by atoms with Crippen molar-refractivity contribution < 1.29 is 0 Å². The minimum atomic E-state index is 0.596. The second-order valence-electron chi connectivity index (χ2n) is 5.47. The standard InChI is InChI=1S/C11H16/c1-9(2)10(3)7-5-6-8(7)11(9,10)4/h5-8H,1-4H3/t7-,8+,10-,11+. The topological polar surface area (TPSA) is 0 Å². The average molecular weight is 148 g/mol. The predicted molar refractivity (Wildman–Crippen MR) is 46.1 cm³/mol. The van der Waals surface area contributed by atoms with E-state index in [1.165, 1.54) is 0 Å². The highest BCUT2D eigenvalue weighted by Gasteiger charge is 2.90. The summed E-state index contributed by atoms with van der Waals surface area (Å²) >= 11 is 0. The summed E-state index contributed by atoms with van der Waals surface area (Å²) in [5, 5.41) is 0. The van der Waals surface area contributed by atoms with E-state index in [1.54, 1.807) is 0 Å². The predicted octanol–water partition coefficient (Wildman–Crippen LogP) is 2.85. The van der Waals surface area contributed by atoms with Gasteiger partial charge in [0.1, 0.15) is 0 Å². The first-order chi connectivity index (χ1) is 4.98. The molecule has 3 aliphatic carbocycles. The van der Waals surface area contributed by atoms with Crippen molar-refractivity contribution in [3.63, 3.8) is 0 Å². The van der Waals surface area contributed by atoms with Crippen molar-refractivity contribution in [2.45, 2.75) is 27.7 Å². The molecular weight excluding hydrogens is 132 g/mol. The summed E-state index contributed by atoms with van der Waals surface area (Å²) in [6.07, 6.45) is 4.84. The van der Waals surface area contributed by atoms with Crippen LogP contribution in [0.25, 0.3) is 0 Å². The van der Waals surface area contributed by atoms with Gasteiger partial charge in [0, 0.05) is 0 Å². The van der Waals surface area contributed by atoms with Gasteiger partial charge in [-0.1, -0.05) is 39.8 Å². The number of allylic oxidation sites excluding steroid dienone is 2. The van der Waals surface area contributed by atoms with Crippen LogP contribution in [0, 0.1) is 28.1 Å². The van der Waals surface area contributed by atoms with Crippen LogP contribution in [0.15, 0.2) is 12.2 Å². The zero-order valence-electron chi connectivity index (χ0n) is 7.81. The molecule has 3 aliphatic rings. The van der Waals surface area contributed by atoms with Crippen LogP contribution in [0.1, 0.15) is 27.7 Å². The van der Waals surface area contributed by atoms with Crippen molar-refractivity contribution >= 4 is 0 Å². The summed E-state index contributed by atoms with van der Waals surface area (Å²) in [5.41, 5.74) is 1.90. The summed E-state index contributed by atoms with van der Waals surface area (Å²) in [6.45, 7) is 9.81. The lowest BCUT2D eigenvalue weighted by atomic mass is 9.53. The Labute approximate surface area is 68.7 Å². The van der Waals surface area contributed by atoms with Gasteiger partial charge in [0.2, 0.25) is 0 Å². The third-order valence-corrected chi connectivity index (χ3v) is 5.86. The van der Waals surface area contributed by atoms with Gasteiger partial charge >= 0.3 is 0 Å². The van der Waals surface area contributed by atoms with Gasteiger partial charge in [-0.15, -0.1) is 0 Å². The first-order valence-corrected chi connectivity index (χ1v) is 4.66. The normalized spacial score (nSPS) is 67.3. The minimum absolute atomic E-state index is 0.596. The SMILES string of the molecule is CC1(C)[C@]2(C)[C@H]3C=C[C@H]3[C@]12C. The molecule has 2 saturated carbocycles. The quantitative estimate of drug-likeness (QED) is 0.463. The second kappa shape index (κ2) is 1.12. The zero-order valence-corrected chi connectivity index (χ0v) is 7.81. The van der Waals surface area contributed by atoms with Crippen LogP contribution in [-0.4, -0.2) is 0 Å². The van der Waals surface area contributed by atoms with Crippen LogP contribution < -0.4 is 0 Å². The van der Waals surface area contributed by atoms with Crippen molar-refractivity contribution in [2.75, 3.05) is 0 Å². The van der Waals surface area contributed by atoms with E-state index in [4.69, 9.17) is 0 Å². The van der Waals surface area contributed by atoms with Gasteiger partial charge in [-0.2, -0.15) is 0 Å². The zero-order chi connectivity index (χ0) is 8.07. The molecule has 3 rings (SSSR count). The number of fused-ring (bicyclic) bond motifs is 4. The van der Waals surface area contributed by atoms with Gasteiger partial charge in [-0.05, 0) is 28.1 Å². The number of hydrogen-bond acceptors (Lipinski definition) is 0. The first kappa shape index (κ1) is 6.28. The maximum absolute atomic E-state index is 2.47. The van der Waals surface area contributed by atoms with Gasteiger partial charge in [0.25, 0.3) is 0 Å². The molecule has 0 saturated heterocycles. The third kappa shape index (κ3) is 0.279. The van der Waals surface area contributed by atoms with Crippen LogP contribution in [-0.2, 0) is 0 Å². The maximum Gasteiger partial charge on any atom is -0.00998 e. The van der Waals surface area contributed by atoms with Crippen LogP contribution in [0.3, 0.4) is 0 Å². The molecule has 0 radical (unpaired) electrons. The fraction of sp³-hybridized carbons (Fsp3) is 0.818. The Morgan fingerprint density at radius 3 is 1.36 bits per heavy atom. The Balaban J connectivity index is 2.14. The van der Waals surface area contributed by atoms with Crippen LogP contribution in [0.2, 0.25) is 0 Å². The van der Waals surface area contributed by atoms with E-state index in [0.717, 1.165) is 11.8 Å². The Hall–Kier alpha value is -0.260. The van der Waals surface area contributed by atoms with Crippen molar-refractivity contribution in [2.24, 2.45) is 28.1 Å². The molecule has 0 bridgehead atoms. The molecule has 0 amide bonds. The van der Waals surface area contributed by atoms with Crippen LogP contribution in [0.4, 0.5) is 0 Å². The molecule has 0 nitrogen and oxygen atoms in total. The van der Waals surface area contributed by atoms with Gasteiger partial charge < -0.3 is 0 Å². The fourth-order valence-corrected chi connectivity index (χ4v) is 4.29. The lowest BCUT2D eigenvalue weighted by molar-refractivity contribution is 0.0493. The molecule has 11 heavy (non-hydrogen) atoms. The molecule has 2 fully saturated rings. The maximum atomic E-state index is 2.47. The molecule has 0 aromatic rings. The van der Waals surface area contributed by atoms with E-state index < -0.39 is 0 Å². The number of hydrogen-bond donors (Lipinski definition) is 0. The minimum Gasteiger partial charge on any atom is -0.0839 e. The molecule has 0 aliphatic heterocycles. The van der Waals surface area contributed by atoms with Gasteiger partial charge in [0.05, 0.1) is 0 Å². The molecule has 0 unspecified atom stereocenters. The van der Waals surface area contributed by atoms with E-state index >= 15 is 0 Å². The van der Waals surface area contributed by atoms with E-state index in [2.05, 4.69) is 39.8 Å². The third-order valence-electron chi connectivity index (χ3n) is 5.86. The van der Waals surface area contributed by atoms with Crippen molar-refractivity contribution in [3.8, 4) is 0 Å². The molecule has 4 atom stereocenters. The van der Waals surface area contributed by atoms with Gasteiger partial charge in [0.15, 0.2) is 0 Å². The molecule has 60 valence electrons. The van der Waals surface area contributed by atoms with E-state index in [1.807, 2.05) is 0 Å². The van der Waals surface area contributed by atoms with Crippen molar-refractivity contribution in [1.29, 1.82) is 0 Å². The summed E-state index contributed by atoms with van der Waals surface area (Å²) in [7, 11) is 0. The highest BCUT2D eigenvalue weighted by molar-refractivity contribution is 5.46. The Bertz CT molecular complexity index is 248. The van der Waals surface area contributed by atoms with E-state index in [9.17, 15) is 0 Å². The molecular formula is C11H16. The Kier molecular flexibility index (Phi) is 0.641. The molecule has 0 N–H and O–H groups in total. The van der Waals surface area contributed by atoms with Gasteiger partial charge in [-0.3, -0.25) is 0 Å². The lowest BCUT2D eigenvalue weighted by Crippen LogP contribution is -2.46. The Morgan fingerprint density at radius 1 is 0.818 bits per heavy atom. The summed E-state index contributed by atoms with van der Waals surface area (Å²) in [5.74, 6) is 1.87. The lowest BCUT2D eigenvalue weighted by Gasteiger charge is -2.51. The summed E-state index contributed by atoms with van der Waals surface area (Å²) < 4.78 is 0. The second-order valence-corrected chi connectivity index (χ2v) is 5.47. The summed E-state index contributed by atoms with van der Waals surface area (Å²) in [6, 6.07) is 0. The van der Waals surface area contributed by atoms with Crippen LogP contribution >= 0.6 is 0 Å². The molecule has 0 heterocycles. The van der Waals surface area contributed by atoms with Gasteiger partial charge in [-0.25, -0.2) is 0 Å². The first-order valence-electron chi connectivity index (χ1n) is 4.66. The largest absolute Gasteiger partial charge is 0.0839 e. The van der Waals surface area contributed by atoms with Crippen molar-refractivity contribution in [1.82, 2.24) is 0 Å². The Morgan fingerprint density at radius 2 is 1.18 bits per heavy atom. The fourth-order valence-electron chi connectivity index (χ4n) is 4.29. The smallest absolute Gasteiger partial charge is 0.00998 e. The molecule has 0 aromatic heterocycles. The van der Waals surface area contributed by atoms with E-state index in [0.29, 0.717) is 16.2 Å². The molecule has 0 spiro atoms. The van der Waals surface area contributed by atoms with E-state index in [-0.39, 0.29) is 0 Å². The highest BCUT2D eigenvalue weighted by atomic mass is 14.9. The highest BCUT2D eigenvalue weighted by Crippen LogP contribution is 2.95. The number of rotatable bonds is 0. The van der Waals surface area contributed by atoms with Crippen molar-refractivity contribution in [3.05, 3.63) is 12.2 Å². The molecule has 0 heteroatoms. The average Bonchev–Trinajstić information content (AvgIpc) is 2.07. The van der Waals surface area contributed by atoms with Crippen LogP contribution in [0.5, 0.6) is 0 Å². The monoisotopic (exact) mass is 148 g/mol. The summed E-state index contributed by atoms with van der Waals surface area (Å²) in [4.78, 5) is 0.